The summed E-state index contributed by atoms with van der Waals surface area (Å²) in [7, 11) is 0. The molecule has 0 aliphatic carbocycles. The normalized spacial score (nSPS) is 20.2. The molecule has 0 radical (unpaired) electrons. The molecule has 1 aliphatic heterocycles. The molecule has 24 heavy (non-hydrogen) atoms. The first-order valence-corrected chi connectivity index (χ1v) is 8.08. The number of alkyl halides is 2. The second kappa shape index (κ2) is 8.24. The van der Waals surface area contributed by atoms with Gasteiger partial charge in [0.1, 0.15) is 5.75 Å². The third-order valence-corrected chi connectivity index (χ3v) is 4.32. The zero-order chi connectivity index (χ0) is 17.7. The van der Waals surface area contributed by atoms with Crippen LogP contribution in [-0.2, 0) is 4.79 Å². The molecule has 0 saturated carbocycles. The van der Waals surface area contributed by atoms with Crippen LogP contribution in [0.15, 0.2) is 30.3 Å². The summed E-state index contributed by atoms with van der Waals surface area (Å²) in [5, 5.41) is 9.72. The minimum Gasteiger partial charge on any atom is -0.434 e. The summed E-state index contributed by atoms with van der Waals surface area (Å²) in [6.07, 6.45) is 2.73. The van der Waals surface area contributed by atoms with E-state index >= 15 is 0 Å². The van der Waals surface area contributed by atoms with E-state index in [-0.39, 0.29) is 17.6 Å². The van der Waals surface area contributed by atoms with Crippen LogP contribution in [0.2, 0.25) is 0 Å². The number of nitrogens with zero attached hydrogens (tertiary/aromatic N) is 1. The highest BCUT2D eigenvalue weighted by Gasteiger charge is 2.25. The Bertz CT molecular complexity index is 602. The topological polar surface area (TPSA) is 49.8 Å². The Morgan fingerprint density at radius 2 is 2.12 bits per heavy atom. The first-order valence-electron chi connectivity index (χ1n) is 8.08. The van der Waals surface area contributed by atoms with Crippen molar-refractivity contribution in [3.05, 3.63) is 35.9 Å². The summed E-state index contributed by atoms with van der Waals surface area (Å²) < 4.78 is 29.5. The Morgan fingerprint density at radius 1 is 1.42 bits per heavy atom. The van der Waals surface area contributed by atoms with Crippen molar-refractivity contribution >= 4 is 11.5 Å². The van der Waals surface area contributed by atoms with Gasteiger partial charge in [0.25, 0.3) is 0 Å². The quantitative estimate of drug-likeness (QED) is 0.838. The highest BCUT2D eigenvalue weighted by atomic mass is 19.3. The lowest BCUT2D eigenvalue weighted by Gasteiger charge is -2.33. The van der Waals surface area contributed by atoms with Crippen LogP contribution in [0.25, 0.3) is 5.57 Å². The molecule has 2 atom stereocenters. The Balaban J connectivity index is 2.14. The number of ether oxygens (including phenoxy) is 1. The maximum absolute atomic E-state index is 12.5. The Kier molecular flexibility index (Phi) is 6.31. The zero-order valence-corrected chi connectivity index (χ0v) is 13.9. The molecule has 1 aromatic rings. The van der Waals surface area contributed by atoms with Gasteiger partial charge in [-0.1, -0.05) is 18.2 Å². The molecular formula is C18H23F2NO3. The maximum Gasteiger partial charge on any atom is 0.387 e. The second-order valence-corrected chi connectivity index (χ2v) is 6.13. The molecule has 1 saturated heterocycles. The summed E-state index contributed by atoms with van der Waals surface area (Å²) in [6, 6.07) is 6.41. The van der Waals surface area contributed by atoms with Gasteiger partial charge in [-0.2, -0.15) is 8.78 Å². The lowest BCUT2D eigenvalue weighted by atomic mass is 9.93. The minimum atomic E-state index is -2.91. The van der Waals surface area contributed by atoms with E-state index in [9.17, 15) is 18.7 Å². The number of likely N-dealkylation sites (tertiary alicyclic amines) is 1. The molecule has 1 aliphatic rings. The van der Waals surface area contributed by atoms with E-state index in [1.807, 2.05) is 0 Å². The van der Waals surface area contributed by atoms with Crippen molar-refractivity contribution in [2.45, 2.75) is 39.4 Å². The van der Waals surface area contributed by atoms with Crippen LogP contribution in [0.5, 0.6) is 5.75 Å². The summed E-state index contributed by atoms with van der Waals surface area (Å²) in [4.78, 5) is 14.2. The number of piperidine rings is 1. The van der Waals surface area contributed by atoms with Gasteiger partial charge < -0.3 is 14.7 Å². The third kappa shape index (κ3) is 4.77. The van der Waals surface area contributed by atoms with Crippen LogP contribution in [-0.4, -0.2) is 41.7 Å². The van der Waals surface area contributed by atoms with Crippen LogP contribution in [0.4, 0.5) is 8.78 Å². The molecule has 0 spiro atoms. The van der Waals surface area contributed by atoms with Crippen molar-refractivity contribution in [1.29, 1.82) is 0 Å². The van der Waals surface area contributed by atoms with Gasteiger partial charge in [-0.25, -0.2) is 0 Å². The number of rotatable bonds is 5. The fourth-order valence-corrected chi connectivity index (χ4v) is 2.95. The molecule has 1 N–H and O–H groups in total. The van der Waals surface area contributed by atoms with E-state index in [0.717, 1.165) is 12.8 Å². The van der Waals surface area contributed by atoms with Crippen LogP contribution < -0.4 is 4.74 Å². The minimum absolute atomic E-state index is 0.0505. The van der Waals surface area contributed by atoms with E-state index < -0.39 is 12.7 Å². The van der Waals surface area contributed by atoms with E-state index in [2.05, 4.69) is 4.74 Å². The number of allylic oxidation sites excluding steroid dienone is 1. The Labute approximate surface area is 140 Å². The number of aliphatic hydroxyl groups is 1. The van der Waals surface area contributed by atoms with Crippen molar-refractivity contribution in [2.24, 2.45) is 5.92 Å². The lowest BCUT2D eigenvalue weighted by Crippen LogP contribution is -2.42. The van der Waals surface area contributed by atoms with Gasteiger partial charge in [-0.3, -0.25) is 4.79 Å². The number of para-hydroxylation sites is 1. The van der Waals surface area contributed by atoms with Gasteiger partial charge in [-0.05, 0) is 38.3 Å². The Morgan fingerprint density at radius 3 is 2.79 bits per heavy atom. The predicted molar refractivity (Wildman–Crippen MR) is 87.7 cm³/mol. The third-order valence-electron chi connectivity index (χ3n) is 4.32. The van der Waals surface area contributed by atoms with E-state index in [4.69, 9.17) is 0 Å². The molecule has 1 amide bonds. The van der Waals surface area contributed by atoms with Crippen LogP contribution in [0, 0.1) is 5.92 Å². The van der Waals surface area contributed by atoms with E-state index in [1.165, 1.54) is 12.1 Å². The molecule has 6 heteroatoms. The highest BCUT2D eigenvalue weighted by Crippen LogP contribution is 2.27. The standard InChI is InChI=1S/C18H23F2NO3/c1-12(15-7-3-4-8-16(15)24-18(19)20)10-17(23)21-9-5-6-14(11-21)13(2)22/h3-4,7-8,10,13-14,18,22H,5-6,9,11H2,1-2H3/b12-10-. The van der Waals surface area contributed by atoms with Crippen molar-refractivity contribution in [3.8, 4) is 5.75 Å². The number of hydrogen-bond donors (Lipinski definition) is 1. The maximum atomic E-state index is 12.5. The average Bonchev–Trinajstić information content (AvgIpc) is 2.54. The number of amides is 1. The molecule has 0 aromatic heterocycles. The molecule has 4 nitrogen and oxygen atoms in total. The number of carbonyl (C=O) groups excluding carboxylic acids is 1. The molecule has 132 valence electrons. The average molecular weight is 339 g/mol. The monoisotopic (exact) mass is 339 g/mol. The van der Waals surface area contributed by atoms with Crippen molar-refractivity contribution < 1.29 is 23.4 Å². The van der Waals surface area contributed by atoms with Gasteiger partial charge in [-0.15, -0.1) is 0 Å². The summed E-state index contributed by atoms with van der Waals surface area (Å²) >= 11 is 0. The van der Waals surface area contributed by atoms with E-state index in [1.54, 1.807) is 36.9 Å². The summed E-state index contributed by atoms with van der Waals surface area (Å²) in [5.74, 6) is -0.0508. The largest absolute Gasteiger partial charge is 0.434 e. The first-order chi connectivity index (χ1) is 11.4. The molecular weight excluding hydrogens is 316 g/mol. The predicted octanol–water partition coefficient (Wildman–Crippen LogP) is 3.31. The van der Waals surface area contributed by atoms with Crippen LogP contribution >= 0.6 is 0 Å². The van der Waals surface area contributed by atoms with Crippen molar-refractivity contribution in [3.63, 3.8) is 0 Å². The molecule has 1 fully saturated rings. The van der Waals surface area contributed by atoms with Crippen molar-refractivity contribution in [2.75, 3.05) is 13.1 Å². The van der Waals surface area contributed by atoms with Gasteiger partial charge in [0, 0.05) is 30.6 Å². The van der Waals surface area contributed by atoms with Crippen molar-refractivity contribution in [1.82, 2.24) is 4.90 Å². The molecule has 0 bridgehead atoms. The summed E-state index contributed by atoms with van der Waals surface area (Å²) in [6.45, 7) is 1.67. The fourth-order valence-electron chi connectivity index (χ4n) is 2.95. The number of hydrogen-bond acceptors (Lipinski definition) is 3. The smallest absolute Gasteiger partial charge is 0.387 e. The Hall–Kier alpha value is -1.95. The van der Waals surface area contributed by atoms with Gasteiger partial charge in [0.15, 0.2) is 0 Å². The van der Waals surface area contributed by atoms with Crippen LogP contribution in [0.3, 0.4) is 0 Å². The zero-order valence-electron chi connectivity index (χ0n) is 13.9. The van der Waals surface area contributed by atoms with Gasteiger partial charge >= 0.3 is 6.61 Å². The molecule has 1 heterocycles. The van der Waals surface area contributed by atoms with Gasteiger partial charge in [0.2, 0.25) is 5.91 Å². The summed E-state index contributed by atoms with van der Waals surface area (Å²) in [5.41, 5.74) is 1.03. The number of carbonyl (C=O) groups is 1. The van der Waals surface area contributed by atoms with Crippen LogP contribution in [0.1, 0.15) is 32.3 Å². The SMILES string of the molecule is C/C(=C/C(=O)N1CCCC(C(C)O)C1)c1ccccc1OC(F)F. The molecule has 2 unspecified atom stereocenters. The first kappa shape index (κ1) is 18.4. The number of aliphatic hydroxyl groups excluding tert-OH is 1. The van der Waals surface area contributed by atoms with E-state index in [0.29, 0.717) is 24.2 Å². The highest BCUT2D eigenvalue weighted by molar-refractivity contribution is 5.95. The van der Waals surface area contributed by atoms with Gasteiger partial charge in [0.05, 0.1) is 6.10 Å². The molecule has 2 rings (SSSR count). The lowest BCUT2D eigenvalue weighted by molar-refractivity contribution is -0.128. The fraction of sp³-hybridized carbons (Fsp3) is 0.500. The number of benzene rings is 1. The second-order valence-electron chi connectivity index (χ2n) is 6.13. The number of halogens is 2. The molecule has 1 aromatic carbocycles.